The molecule has 0 aliphatic carbocycles. The first-order chi connectivity index (χ1) is 13.6. The van der Waals surface area contributed by atoms with Gasteiger partial charge < -0.3 is 19.3 Å². The van der Waals surface area contributed by atoms with Crippen molar-refractivity contribution in [2.24, 2.45) is 5.41 Å². The molecule has 7 nitrogen and oxygen atoms in total. The summed E-state index contributed by atoms with van der Waals surface area (Å²) in [6.45, 7) is 4.39. The number of methoxy groups -OCH3 is 1. The summed E-state index contributed by atoms with van der Waals surface area (Å²) in [4.78, 5) is 23.4. The summed E-state index contributed by atoms with van der Waals surface area (Å²) < 4.78 is 10.9. The van der Waals surface area contributed by atoms with Crippen LogP contribution in [0.15, 0.2) is 36.4 Å². The van der Waals surface area contributed by atoms with Crippen molar-refractivity contribution < 1.29 is 14.3 Å². The third kappa shape index (κ3) is 2.81. The summed E-state index contributed by atoms with van der Waals surface area (Å²) in [7, 11) is 1.62. The zero-order valence-corrected chi connectivity index (χ0v) is 16.4. The van der Waals surface area contributed by atoms with Gasteiger partial charge in [0.15, 0.2) is 0 Å². The fourth-order valence-corrected chi connectivity index (χ4v) is 4.44. The van der Waals surface area contributed by atoms with E-state index in [1.54, 1.807) is 24.1 Å². The Bertz CT molecular complexity index is 923. The molecule has 0 saturated carbocycles. The summed E-state index contributed by atoms with van der Waals surface area (Å²) in [6, 6.07) is 11.2. The Morgan fingerprint density at radius 3 is 2.82 bits per heavy atom. The van der Waals surface area contributed by atoms with Crippen LogP contribution in [0.3, 0.4) is 0 Å². The van der Waals surface area contributed by atoms with Crippen molar-refractivity contribution in [2.75, 3.05) is 56.2 Å². The first-order valence-corrected chi connectivity index (χ1v) is 9.70. The van der Waals surface area contributed by atoms with Crippen molar-refractivity contribution in [3.63, 3.8) is 0 Å². The van der Waals surface area contributed by atoms with Crippen molar-refractivity contribution in [3.05, 3.63) is 41.4 Å². The largest absolute Gasteiger partial charge is 0.489 e. The zero-order valence-electron chi connectivity index (χ0n) is 15.6. The van der Waals surface area contributed by atoms with Crippen LogP contribution in [0, 0.1) is 5.41 Å². The second-order valence-corrected chi connectivity index (χ2v) is 8.08. The van der Waals surface area contributed by atoms with Crippen LogP contribution >= 0.6 is 11.6 Å². The number of rotatable bonds is 2. The molecule has 3 aliphatic rings. The van der Waals surface area contributed by atoms with Gasteiger partial charge in [0.05, 0.1) is 19.3 Å². The van der Waals surface area contributed by atoms with Crippen LogP contribution in [0.5, 0.6) is 11.6 Å². The van der Waals surface area contributed by atoms with Gasteiger partial charge in [0.25, 0.3) is 0 Å². The molecule has 28 heavy (non-hydrogen) atoms. The summed E-state index contributed by atoms with van der Waals surface area (Å²) in [5, 5.41) is 0.608. The van der Waals surface area contributed by atoms with E-state index in [1.807, 2.05) is 29.2 Å². The van der Waals surface area contributed by atoms with Gasteiger partial charge in [-0.3, -0.25) is 4.90 Å². The van der Waals surface area contributed by atoms with E-state index in [0.29, 0.717) is 29.8 Å². The molecule has 146 valence electrons. The van der Waals surface area contributed by atoms with Gasteiger partial charge in [0.2, 0.25) is 5.88 Å². The number of hydrogen-bond acceptors (Lipinski definition) is 5. The molecule has 0 N–H and O–H groups in total. The molecule has 4 heterocycles. The molecule has 1 aromatic heterocycles. The van der Waals surface area contributed by atoms with Crippen LogP contribution in [0.25, 0.3) is 0 Å². The standard InChI is InChI=1S/C20H21ClN4O3/c1-27-18-4-2-3-17(22-18)23-10-20(11-23)12-24(13-20)19(26)25-7-8-28-16-9-14(21)5-6-15(16)25/h2-6,9H,7-8,10-13H2,1H3. The lowest BCUT2D eigenvalue weighted by atomic mass is 9.73. The van der Waals surface area contributed by atoms with Crippen molar-refractivity contribution in [1.82, 2.24) is 9.88 Å². The number of likely N-dealkylation sites (tertiary alicyclic amines) is 1. The molecule has 2 amide bonds. The van der Waals surface area contributed by atoms with E-state index < -0.39 is 0 Å². The minimum Gasteiger partial charge on any atom is -0.489 e. The maximum absolute atomic E-state index is 13.0. The smallest absolute Gasteiger partial charge is 0.324 e. The quantitative estimate of drug-likeness (QED) is 0.775. The Kier molecular flexibility index (Phi) is 4.01. The van der Waals surface area contributed by atoms with E-state index >= 15 is 0 Å². The van der Waals surface area contributed by atoms with Crippen LogP contribution in [-0.4, -0.2) is 62.4 Å². The van der Waals surface area contributed by atoms with E-state index in [0.717, 1.165) is 37.7 Å². The number of aromatic nitrogens is 1. The number of ether oxygens (including phenoxy) is 2. The predicted molar refractivity (Wildman–Crippen MR) is 107 cm³/mol. The third-order valence-corrected chi connectivity index (χ3v) is 5.87. The number of anilines is 2. The normalized spacial score (nSPS) is 19.4. The fourth-order valence-electron chi connectivity index (χ4n) is 4.28. The van der Waals surface area contributed by atoms with Gasteiger partial charge in [0.1, 0.15) is 18.2 Å². The highest BCUT2D eigenvalue weighted by Crippen LogP contribution is 2.43. The van der Waals surface area contributed by atoms with Crippen LogP contribution in [0.4, 0.5) is 16.3 Å². The Hall–Kier alpha value is -2.67. The van der Waals surface area contributed by atoms with Crippen LogP contribution in [0.2, 0.25) is 5.02 Å². The average molecular weight is 401 g/mol. The van der Waals surface area contributed by atoms with Crippen molar-refractivity contribution in [2.45, 2.75) is 0 Å². The van der Waals surface area contributed by atoms with Crippen molar-refractivity contribution in [3.8, 4) is 11.6 Å². The van der Waals surface area contributed by atoms with Gasteiger partial charge in [-0.05, 0) is 18.2 Å². The summed E-state index contributed by atoms with van der Waals surface area (Å²) in [5.74, 6) is 2.21. The fraction of sp³-hybridized carbons (Fsp3) is 0.400. The zero-order chi connectivity index (χ0) is 19.3. The first kappa shape index (κ1) is 17.4. The lowest BCUT2D eigenvalue weighted by Gasteiger charge is -2.60. The summed E-state index contributed by atoms with van der Waals surface area (Å²) in [6.07, 6.45) is 0. The number of nitrogens with zero attached hydrogens (tertiary/aromatic N) is 4. The number of benzene rings is 1. The molecule has 5 rings (SSSR count). The monoisotopic (exact) mass is 400 g/mol. The second kappa shape index (κ2) is 6.44. The van der Waals surface area contributed by atoms with E-state index in [4.69, 9.17) is 21.1 Å². The highest BCUT2D eigenvalue weighted by atomic mass is 35.5. The van der Waals surface area contributed by atoms with E-state index in [9.17, 15) is 4.79 Å². The molecule has 2 aromatic rings. The van der Waals surface area contributed by atoms with E-state index in [-0.39, 0.29) is 11.4 Å². The molecule has 2 saturated heterocycles. The molecule has 8 heteroatoms. The van der Waals surface area contributed by atoms with Gasteiger partial charge in [-0.1, -0.05) is 17.7 Å². The van der Waals surface area contributed by atoms with Crippen molar-refractivity contribution in [1.29, 1.82) is 0 Å². The summed E-state index contributed by atoms with van der Waals surface area (Å²) >= 11 is 6.04. The molecule has 0 atom stereocenters. The first-order valence-electron chi connectivity index (χ1n) is 9.32. The van der Waals surface area contributed by atoms with Gasteiger partial charge in [-0.25, -0.2) is 4.79 Å². The number of pyridine rings is 1. The maximum Gasteiger partial charge on any atom is 0.324 e. The number of carbonyl (C=O) groups is 1. The number of fused-ring (bicyclic) bond motifs is 1. The predicted octanol–water partition coefficient (Wildman–Crippen LogP) is 2.88. The SMILES string of the molecule is COc1cccc(N2CC3(CN(C(=O)N4CCOc5cc(Cl)ccc54)C3)C2)n1. The maximum atomic E-state index is 13.0. The molecule has 1 aromatic carbocycles. The lowest BCUT2D eigenvalue weighted by molar-refractivity contribution is 0.00925. The topological polar surface area (TPSA) is 58.1 Å². The number of halogens is 1. The minimum atomic E-state index is 0.0375. The molecule has 0 radical (unpaired) electrons. The Morgan fingerprint density at radius 1 is 1.21 bits per heavy atom. The second-order valence-electron chi connectivity index (χ2n) is 7.64. The van der Waals surface area contributed by atoms with Crippen molar-refractivity contribution >= 4 is 29.1 Å². The highest BCUT2D eigenvalue weighted by molar-refractivity contribution is 6.30. The molecule has 0 bridgehead atoms. The van der Waals surface area contributed by atoms with Gasteiger partial charge in [-0.15, -0.1) is 0 Å². The third-order valence-electron chi connectivity index (χ3n) is 5.63. The number of hydrogen-bond donors (Lipinski definition) is 0. The lowest BCUT2D eigenvalue weighted by Crippen LogP contribution is -2.74. The molecule has 1 spiro atoms. The van der Waals surface area contributed by atoms with E-state index in [1.165, 1.54) is 0 Å². The molecule has 2 fully saturated rings. The Labute approximate surface area is 168 Å². The van der Waals surface area contributed by atoms with E-state index in [2.05, 4.69) is 9.88 Å². The molecular weight excluding hydrogens is 380 g/mol. The number of carbonyl (C=O) groups excluding carboxylic acids is 1. The van der Waals surface area contributed by atoms with Gasteiger partial charge in [-0.2, -0.15) is 4.98 Å². The van der Waals surface area contributed by atoms with Crippen LogP contribution in [-0.2, 0) is 0 Å². The number of amides is 2. The molecule has 3 aliphatic heterocycles. The van der Waals surface area contributed by atoms with Crippen LogP contribution < -0.4 is 19.3 Å². The summed E-state index contributed by atoms with van der Waals surface area (Å²) in [5.41, 5.74) is 0.965. The number of urea groups is 1. The van der Waals surface area contributed by atoms with Gasteiger partial charge in [0, 0.05) is 48.7 Å². The van der Waals surface area contributed by atoms with Crippen LogP contribution in [0.1, 0.15) is 0 Å². The molecule has 0 unspecified atom stereocenters. The Balaban J connectivity index is 1.22. The Morgan fingerprint density at radius 2 is 2.04 bits per heavy atom. The van der Waals surface area contributed by atoms with Gasteiger partial charge >= 0.3 is 6.03 Å². The molecular formula is C20H21ClN4O3. The minimum absolute atomic E-state index is 0.0375. The average Bonchev–Trinajstić information content (AvgIpc) is 2.65. The highest BCUT2D eigenvalue weighted by Gasteiger charge is 2.54.